The van der Waals surface area contributed by atoms with Gasteiger partial charge in [-0.15, -0.1) is 0 Å². The molecule has 7 aromatic rings. The molecule has 30 heavy (non-hydrogen) atoms. The lowest BCUT2D eigenvalue weighted by molar-refractivity contribution is 1.18. The molecule has 0 saturated heterocycles. The van der Waals surface area contributed by atoms with Crippen LogP contribution in [0.4, 0.5) is 0 Å². The summed E-state index contributed by atoms with van der Waals surface area (Å²) < 4.78 is 2.38. The Bertz CT molecular complexity index is 1730. The Hall–Kier alpha value is -4.04. The summed E-state index contributed by atoms with van der Waals surface area (Å²) in [6.07, 6.45) is 0. The zero-order valence-corrected chi connectivity index (χ0v) is 16.3. The van der Waals surface area contributed by atoms with Crippen LogP contribution in [0.25, 0.3) is 60.1 Å². The summed E-state index contributed by atoms with van der Waals surface area (Å²) >= 11 is 0. The first-order chi connectivity index (χ1) is 14.9. The third-order valence-electron chi connectivity index (χ3n) is 6.29. The SMILES string of the molecule is c1ccc(-n2c3ccccc3c3cc4[nH]c5ccc6ccccc6c5c4cc32)cc1. The van der Waals surface area contributed by atoms with E-state index in [4.69, 9.17) is 0 Å². The quantitative estimate of drug-likeness (QED) is 0.302. The van der Waals surface area contributed by atoms with Crippen LogP contribution in [0.15, 0.2) is 103 Å². The van der Waals surface area contributed by atoms with E-state index >= 15 is 0 Å². The second kappa shape index (κ2) is 5.74. The largest absolute Gasteiger partial charge is 0.354 e. The number of nitrogens with zero attached hydrogens (tertiary/aromatic N) is 1. The highest BCUT2D eigenvalue weighted by atomic mass is 15.0. The van der Waals surface area contributed by atoms with Crippen molar-refractivity contribution in [3.8, 4) is 5.69 Å². The summed E-state index contributed by atoms with van der Waals surface area (Å²) in [6.45, 7) is 0. The molecular formula is C28H18N2. The third kappa shape index (κ3) is 2.03. The molecule has 140 valence electrons. The van der Waals surface area contributed by atoms with Gasteiger partial charge in [-0.05, 0) is 47.2 Å². The zero-order chi connectivity index (χ0) is 19.7. The summed E-state index contributed by atoms with van der Waals surface area (Å²) in [5.74, 6) is 0. The van der Waals surface area contributed by atoms with Gasteiger partial charge in [-0.1, -0.05) is 66.7 Å². The number of hydrogen-bond donors (Lipinski definition) is 1. The maximum Gasteiger partial charge on any atom is 0.0548 e. The maximum atomic E-state index is 3.67. The molecule has 0 amide bonds. The smallest absolute Gasteiger partial charge is 0.0548 e. The van der Waals surface area contributed by atoms with Gasteiger partial charge >= 0.3 is 0 Å². The molecule has 0 radical (unpaired) electrons. The lowest BCUT2D eigenvalue weighted by Gasteiger charge is -2.07. The van der Waals surface area contributed by atoms with Crippen LogP contribution in [0.3, 0.4) is 0 Å². The summed E-state index contributed by atoms with van der Waals surface area (Å²) in [5.41, 5.74) is 6.04. The van der Waals surface area contributed by atoms with Crippen molar-refractivity contribution in [1.82, 2.24) is 9.55 Å². The van der Waals surface area contributed by atoms with Gasteiger partial charge in [0, 0.05) is 38.3 Å². The van der Waals surface area contributed by atoms with Gasteiger partial charge in [0.15, 0.2) is 0 Å². The molecule has 2 aromatic heterocycles. The molecule has 0 unspecified atom stereocenters. The lowest BCUT2D eigenvalue weighted by atomic mass is 10.0. The van der Waals surface area contributed by atoms with Crippen LogP contribution < -0.4 is 0 Å². The van der Waals surface area contributed by atoms with Crippen LogP contribution in [-0.4, -0.2) is 9.55 Å². The Morgan fingerprint density at radius 2 is 1.27 bits per heavy atom. The number of fused-ring (bicyclic) bond motifs is 8. The zero-order valence-electron chi connectivity index (χ0n) is 16.3. The minimum absolute atomic E-state index is 1.19. The van der Waals surface area contributed by atoms with E-state index in [1.807, 2.05) is 0 Å². The molecular weight excluding hydrogens is 364 g/mol. The number of nitrogens with one attached hydrogen (secondary N) is 1. The molecule has 5 aromatic carbocycles. The van der Waals surface area contributed by atoms with E-state index in [0.29, 0.717) is 0 Å². The molecule has 0 aliphatic rings. The standard InChI is InChI=1S/C28H18N2/c1-2-9-19(10-3-1)30-26-13-7-6-12-21(26)22-16-25-23(17-27(22)30)28-20-11-5-4-8-18(20)14-15-24(28)29-25/h1-17,29H. The summed E-state index contributed by atoms with van der Waals surface area (Å²) in [4.78, 5) is 3.67. The molecule has 0 bridgehead atoms. The van der Waals surface area contributed by atoms with E-state index in [0.717, 1.165) is 0 Å². The van der Waals surface area contributed by atoms with Gasteiger partial charge in [0.1, 0.15) is 0 Å². The van der Waals surface area contributed by atoms with Gasteiger partial charge in [-0.25, -0.2) is 0 Å². The van der Waals surface area contributed by atoms with Gasteiger partial charge in [-0.3, -0.25) is 0 Å². The molecule has 0 aliphatic carbocycles. The topological polar surface area (TPSA) is 20.7 Å². The molecule has 2 heteroatoms. The Morgan fingerprint density at radius 1 is 0.500 bits per heavy atom. The average molecular weight is 382 g/mol. The van der Waals surface area contributed by atoms with Crippen LogP contribution in [0.2, 0.25) is 0 Å². The minimum Gasteiger partial charge on any atom is -0.354 e. The van der Waals surface area contributed by atoms with E-state index in [9.17, 15) is 0 Å². The Kier molecular flexibility index (Phi) is 3.03. The van der Waals surface area contributed by atoms with Crippen LogP contribution in [0.1, 0.15) is 0 Å². The van der Waals surface area contributed by atoms with Crippen molar-refractivity contribution in [1.29, 1.82) is 0 Å². The Labute approximate surface area is 173 Å². The van der Waals surface area contributed by atoms with Crippen LogP contribution >= 0.6 is 0 Å². The van der Waals surface area contributed by atoms with E-state index in [-0.39, 0.29) is 0 Å². The van der Waals surface area contributed by atoms with Crippen molar-refractivity contribution in [3.05, 3.63) is 103 Å². The highest BCUT2D eigenvalue weighted by molar-refractivity contribution is 6.24. The van der Waals surface area contributed by atoms with Crippen molar-refractivity contribution in [2.75, 3.05) is 0 Å². The molecule has 2 nitrogen and oxygen atoms in total. The first-order valence-corrected chi connectivity index (χ1v) is 10.3. The van der Waals surface area contributed by atoms with Crippen LogP contribution in [0.5, 0.6) is 0 Å². The van der Waals surface area contributed by atoms with E-state index in [1.54, 1.807) is 0 Å². The molecule has 0 saturated carbocycles. The Morgan fingerprint density at radius 3 is 2.17 bits per heavy atom. The van der Waals surface area contributed by atoms with Gasteiger partial charge in [0.05, 0.1) is 11.0 Å². The first-order valence-electron chi connectivity index (χ1n) is 10.3. The molecule has 0 atom stereocenters. The van der Waals surface area contributed by atoms with Crippen molar-refractivity contribution >= 4 is 54.4 Å². The molecule has 0 fully saturated rings. The number of aromatic nitrogens is 2. The van der Waals surface area contributed by atoms with E-state index in [1.165, 1.54) is 60.1 Å². The van der Waals surface area contributed by atoms with Crippen LogP contribution in [-0.2, 0) is 0 Å². The third-order valence-corrected chi connectivity index (χ3v) is 6.29. The summed E-state index contributed by atoms with van der Waals surface area (Å²) in [5, 5.41) is 7.70. The summed E-state index contributed by atoms with van der Waals surface area (Å²) in [7, 11) is 0. The van der Waals surface area contributed by atoms with Crippen molar-refractivity contribution in [3.63, 3.8) is 0 Å². The number of para-hydroxylation sites is 2. The second-order valence-corrected chi connectivity index (χ2v) is 7.94. The molecule has 0 aliphatic heterocycles. The Balaban J connectivity index is 1.72. The van der Waals surface area contributed by atoms with Crippen molar-refractivity contribution in [2.45, 2.75) is 0 Å². The fraction of sp³-hybridized carbons (Fsp3) is 0. The minimum atomic E-state index is 1.19. The van der Waals surface area contributed by atoms with Gasteiger partial charge < -0.3 is 9.55 Å². The highest BCUT2D eigenvalue weighted by Crippen LogP contribution is 2.38. The van der Waals surface area contributed by atoms with Crippen molar-refractivity contribution in [2.24, 2.45) is 0 Å². The summed E-state index contributed by atoms with van der Waals surface area (Å²) in [6, 6.07) is 37.1. The molecule has 0 spiro atoms. The normalized spacial score (nSPS) is 12.0. The van der Waals surface area contributed by atoms with Crippen molar-refractivity contribution < 1.29 is 0 Å². The van der Waals surface area contributed by atoms with Gasteiger partial charge in [-0.2, -0.15) is 0 Å². The number of hydrogen-bond acceptors (Lipinski definition) is 0. The number of benzene rings is 5. The monoisotopic (exact) mass is 382 g/mol. The number of aromatic amines is 1. The fourth-order valence-electron chi connectivity index (χ4n) is 4.99. The molecule has 7 rings (SSSR count). The van der Waals surface area contributed by atoms with E-state index < -0.39 is 0 Å². The predicted molar refractivity (Wildman–Crippen MR) is 128 cm³/mol. The number of H-pyrrole nitrogens is 1. The average Bonchev–Trinajstić information content (AvgIpc) is 3.33. The first kappa shape index (κ1) is 15.8. The molecule has 2 heterocycles. The maximum absolute atomic E-state index is 3.67. The van der Waals surface area contributed by atoms with Crippen LogP contribution in [0, 0.1) is 0 Å². The predicted octanol–water partition coefficient (Wildman–Crippen LogP) is 7.57. The lowest BCUT2D eigenvalue weighted by Crippen LogP contribution is -1.92. The fourth-order valence-corrected chi connectivity index (χ4v) is 4.99. The van der Waals surface area contributed by atoms with Gasteiger partial charge in [0.2, 0.25) is 0 Å². The van der Waals surface area contributed by atoms with Gasteiger partial charge in [0.25, 0.3) is 0 Å². The molecule has 1 N–H and O–H groups in total. The number of rotatable bonds is 1. The second-order valence-electron chi connectivity index (χ2n) is 7.94. The highest BCUT2D eigenvalue weighted by Gasteiger charge is 2.15. The van der Waals surface area contributed by atoms with E-state index in [2.05, 4.69) is 113 Å².